The van der Waals surface area contributed by atoms with E-state index in [4.69, 9.17) is 9.57 Å². The Morgan fingerprint density at radius 2 is 1.97 bits per heavy atom. The summed E-state index contributed by atoms with van der Waals surface area (Å²) in [5.74, 6) is -1.11. The molecule has 0 aromatic heterocycles. The molecule has 2 aromatic rings. The van der Waals surface area contributed by atoms with Crippen molar-refractivity contribution in [3.63, 3.8) is 0 Å². The average Bonchev–Trinajstić information content (AvgIpc) is 3.02. The first-order valence-electron chi connectivity index (χ1n) is 8.84. The number of benzene rings is 2. The number of alkyl halides is 2. The topological polar surface area (TPSA) is 84.5 Å². The molecule has 2 aliphatic heterocycles. The lowest BCUT2D eigenvalue weighted by molar-refractivity contribution is -0.105. The number of methoxy groups -OCH3 is 1. The summed E-state index contributed by atoms with van der Waals surface area (Å²) in [7, 11) is 3.44. The van der Waals surface area contributed by atoms with E-state index in [2.05, 4.69) is 20.5 Å². The molecule has 29 heavy (non-hydrogen) atoms. The lowest BCUT2D eigenvalue weighted by Gasteiger charge is -2.02. The maximum absolute atomic E-state index is 12.9. The summed E-state index contributed by atoms with van der Waals surface area (Å²) in [6, 6.07) is 14.7. The fraction of sp³-hybridized carbons (Fsp3) is 0.300. The zero-order valence-corrected chi connectivity index (χ0v) is 15.9. The van der Waals surface area contributed by atoms with Crippen LogP contribution in [0.5, 0.6) is 5.75 Å². The van der Waals surface area contributed by atoms with Crippen LogP contribution < -0.4 is 15.4 Å². The van der Waals surface area contributed by atoms with Gasteiger partial charge in [0.05, 0.1) is 19.2 Å². The zero-order chi connectivity index (χ0) is 20.9. The van der Waals surface area contributed by atoms with Gasteiger partial charge in [0, 0.05) is 18.3 Å². The van der Waals surface area contributed by atoms with Gasteiger partial charge in [-0.15, -0.1) is 0 Å². The molecular formula is C20H21F2N3O4. The second-order valence-corrected chi connectivity index (χ2v) is 6.40. The van der Waals surface area contributed by atoms with E-state index in [1.54, 1.807) is 19.2 Å². The van der Waals surface area contributed by atoms with Gasteiger partial charge in [-0.25, -0.2) is 0 Å². The largest absolute Gasteiger partial charge is 0.497 e. The van der Waals surface area contributed by atoms with Gasteiger partial charge in [-0.3, -0.25) is 9.53 Å². The number of nitrogens with one attached hydrogen (secondary N) is 2. The number of halogens is 2. The van der Waals surface area contributed by atoms with Crippen LogP contribution in [-0.4, -0.2) is 38.2 Å². The van der Waals surface area contributed by atoms with Crippen molar-refractivity contribution in [2.24, 2.45) is 5.16 Å². The van der Waals surface area contributed by atoms with Crippen molar-refractivity contribution in [3.05, 3.63) is 59.7 Å². The normalized spacial score (nSPS) is 20.8. The Hall–Kier alpha value is -3.04. The molecule has 2 aromatic carbocycles. The highest BCUT2D eigenvalue weighted by molar-refractivity contribution is 6.01. The number of carbonyl (C=O) groups excluding carboxylic acids is 1. The van der Waals surface area contributed by atoms with E-state index >= 15 is 0 Å². The van der Waals surface area contributed by atoms with Crippen molar-refractivity contribution < 1.29 is 27.9 Å². The fourth-order valence-electron chi connectivity index (χ4n) is 2.76. The molecular weight excluding hydrogens is 384 g/mol. The smallest absolute Gasteiger partial charge is 0.427 e. The lowest BCUT2D eigenvalue weighted by Crippen LogP contribution is -2.18. The van der Waals surface area contributed by atoms with Gasteiger partial charge in [-0.2, -0.15) is 8.78 Å². The first-order chi connectivity index (χ1) is 13.9. The van der Waals surface area contributed by atoms with Crippen molar-refractivity contribution >= 4 is 17.8 Å². The van der Waals surface area contributed by atoms with E-state index in [1.165, 1.54) is 0 Å². The van der Waals surface area contributed by atoms with Crippen LogP contribution in [0.15, 0.2) is 53.7 Å². The van der Waals surface area contributed by atoms with Gasteiger partial charge in [-0.05, 0) is 30.3 Å². The summed E-state index contributed by atoms with van der Waals surface area (Å²) >= 11 is 0. The molecule has 9 heteroatoms. The molecule has 7 nitrogen and oxygen atoms in total. The van der Waals surface area contributed by atoms with Crippen LogP contribution in [-0.2, 0) is 20.9 Å². The number of hydrogen-bond donors (Lipinski definition) is 2. The standard InChI is InChI=1S/C12H12F2N2O2.C8H9NO2/c1-15-7-8-2-4-9(5-3-8)10-6-11(18-16-10)12(13,14)17-11;1-11-8-4-2-3-7(5-8)9-6-10/h2-5,15H,6-7H2,1H3;2-6H,1H3,(H,9,10). The molecule has 1 atom stereocenters. The molecule has 2 aliphatic rings. The van der Waals surface area contributed by atoms with Crippen LogP contribution >= 0.6 is 0 Å². The summed E-state index contributed by atoms with van der Waals surface area (Å²) in [5.41, 5.74) is 3.11. The van der Waals surface area contributed by atoms with Crippen molar-refractivity contribution in [2.75, 3.05) is 19.5 Å². The van der Waals surface area contributed by atoms with Gasteiger partial charge in [0.25, 0.3) is 0 Å². The third-order valence-corrected chi connectivity index (χ3v) is 4.36. The summed E-state index contributed by atoms with van der Waals surface area (Å²) in [4.78, 5) is 14.7. The van der Waals surface area contributed by atoms with Crippen LogP contribution in [0.2, 0.25) is 0 Å². The van der Waals surface area contributed by atoms with E-state index in [-0.39, 0.29) is 6.42 Å². The molecule has 1 fully saturated rings. The summed E-state index contributed by atoms with van der Waals surface area (Å²) in [6.07, 6.45) is -2.61. The first kappa shape index (κ1) is 20.7. The molecule has 0 radical (unpaired) electrons. The molecule has 0 bridgehead atoms. The number of ether oxygens (including phenoxy) is 2. The lowest BCUT2D eigenvalue weighted by atomic mass is 10.0. The summed E-state index contributed by atoms with van der Waals surface area (Å²) in [5, 5.41) is 9.24. The highest BCUT2D eigenvalue weighted by Gasteiger charge is 2.80. The SMILES string of the molecule is CNCc1ccc(C2=NOC3(C2)OC3(F)F)cc1.COc1cccc(NC=O)c1. The van der Waals surface area contributed by atoms with E-state index in [9.17, 15) is 13.6 Å². The van der Waals surface area contributed by atoms with Crippen molar-refractivity contribution in [1.29, 1.82) is 0 Å². The van der Waals surface area contributed by atoms with Crippen molar-refractivity contribution in [2.45, 2.75) is 24.9 Å². The molecule has 1 spiro atoms. The Bertz CT molecular complexity index is 890. The van der Waals surface area contributed by atoms with Gasteiger partial charge in [0.2, 0.25) is 6.41 Å². The number of oxime groups is 1. The molecule has 0 aliphatic carbocycles. The maximum atomic E-state index is 12.9. The molecule has 4 rings (SSSR count). The van der Waals surface area contributed by atoms with Crippen LogP contribution in [0, 0.1) is 0 Å². The molecule has 2 heterocycles. The Morgan fingerprint density at radius 1 is 1.24 bits per heavy atom. The van der Waals surface area contributed by atoms with Gasteiger partial charge < -0.3 is 20.2 Å². The first-order valence-corrected chi connectivity index (χ1v) is 8.84. The average molecular weight is 405 g/mol. The number of anilines is 1. The number of nitrogens with zero attached hydrogens (tertiary/aromatic N) is 1. The maximum Gasteiger partial charge on any atom is 0.427 e. The number of carbonyl (C=O) groups is 1. The minimum Gasteiger partial charge on any atom is -0.497 e. The predicted molar refractivity (Wildman–Crippen MR) is 103 cm³/mol. The third kappa shape index (κ3) is 4.69. The van der Waals surface area contributed by atoms with Crippen molar-refractivity contribution in [3.8, 4) is 5.75 Å². The Labute approximate surface area is 166 Å². The molecule has 1 saturated heterocycles. The van der Waals surface area contributed by atoms with Gasteiger partial charge in [-0.1, -0.05) is 35.5 Å². The van der Waals surface area contributed by atoms with Gasteiger partial charge in [0.1, 0.15) is 5.75 Å². The summed E-state index contributed by atoms with van der Waals surface area (Å²) < 4.78 is 35.1. The van der Waals surface area contributed by atoms with E-state index in [1.807, 2.05) is 43.4 Å². The number of epoxide rings is 1. The molecule has 1 amide bonds. The van der Waals surface area contributed by atoms with Crippen molar-refractivity contribution in [1.82, 2.24) is 5.32 Å². The Balaban J connectivity index is 0.000000188. The van der Waals surface area contributed by atoms with Crippen LogP contribution in [0.4, 0.5) is 14.5 Å². The van der Waals surface area contributed by atoms with Gasteiger partial charge >= 0.3 is 11.9 Å². The van der Waals surface area contributed by atoms with Crippen LogP contribution in [0.1, 0.15) is 17.5 Å². The monoisotopic (exact) mass is 405 g/mol. The minimum atomic E-state index is -3.22. The third-order valence-electron chi connectivity index (χ3n) is 4.36. The highest BCUT2D eigenvalue weighted by atomic mass is 19.3. The Kier molecular flexibility index (Phi) is 6.09. The molecule has 154 valence electrons. The molecule has 1 unspecified atom stereocenters. The molecule has 0 saturated carbocycles. The number of rotatable bonds is 6. The fourth-order valence-corrected chi connectivity index (χ4v) is 2.76. The minimum absolute atomic E-state index is 0.0224. The number of amides is 1. The van der Waals surface area contributed by atoms with Gasteiger partial charge in [0.15, 0.2) is 0 Å². The Morgan fingerprint density at radius 3 is 2.52 bits per heavy atom. The summed E-state index contributed by atoms with van der Waals surface area (Å²) in [6.45, 7) is 0.758. The molecule has 2 N–H and O–H groups in total. The van der Waals surface area contributed by atoms with Crippen LogP contribution in [0.3, 0.4) is 0 Å². The second-order valence-electron chi connectivity index (χ2n) is 6.40. The number of hydrogen-bond acceptors (Lipinski definition) is 6. The van der Waals surface area contributed by atoms with Crippen LogP contribution in [0.25, 0.3) is 0 Å². The van der Waals surface area contributed by atoms with E-state index < -0.39 is 11.9 Å². The zero-order valence-electron chi connectivity index (χ0n) is 15.9. The highest BCUT2D eigenvalue weighted by Crippen LogP contribution is 2.56. The van der Waals surface area contributed by atoms with E-state index in [0.29, 0.717) is 12.1 Å². The quantitative estimate of drug-likeness (QED) is 0.570. The predicted octanol–water partition coefficient (Wildman–Crippen LogP) is 3.11. The second kappa shape index (κ2) is 8.54. The van der Waals surface area contributed by atoms with E-state index in [0.717, 1.165) is 29.1 Å².